The molecule has 0 spiro atoms. The maximum absolute atomic E-state index is 13.5. The molecule has 36 heavy (non-hydrogen) atoms. The number of hydrogen-bond donors (Lipinski definition) is 1. The molecule has 1 heterocycles. The van der Waals surface area contributed by atoms with Crippen molar-refractivity contribution in [2.75, 3.05) is 23.9 Å². The Hall–Kier alpha value is -4.33. The Morgan fingerprint density at radius 2 is 1.72 bits per heavy atom. The van der Waals surface area contributed by atoms with Gasteiger partial charge in [0.05, 0.1) is 25.8 Å². The van der Waals surface area contributed by atoms with Crippen LogP contribution in [-0.2, 0) is 16.1 Å². The summed E-state index contributed by atoms with van der Waals surface area (Å²) in [7, 11) is 1.57. The van der Waals surface area contributed by atoms with Crippen LogP contribution < -0.4 is 19.7 Å². The van der Waals surface area contributed by atoms with E-state index in [9.17, 15) is 14.4 Å². The number of ether oxygens (including phenoxy) is 2. The molecule has 1 saturated heterocycles. The Morgan fingerprint density at radius 1 is 0.972 bits per heavy atom. The number of nitrogens with one attached hydrogen (secondary N) is 1. The van der Waals surface area contributed by atoms with Crippen molar-refractivity contribution < 1.29 is 23.9 Å². The lowest BCUT2D eigenvalue weighted by Gasteiger charge is -2.22. The average molecular weight is 488 g/mol. The molecule has 0 bridgehead atoms. The number of anilines is 2. The summed E-state index contributed by atoms with van der Waals surface area (Å²) in [6, 6.07) is 20.1. The molecule has 8 nitrogen and oxygen atoms in total. The normalized spacial score (nSPS) is 15.2. The average Bonchev–Trinajstić information content (AvgIpc) is 3.09. The molecule has 0 aromatic heterocycles. The number of imide groups is 1. The highest BCUT2D eigenvalue weighted by Crippen LogP contribution is 2.30. The Balaban J connectivity index is 1.58. The van der Waals surface area contributed by atoms with Crippen LogP contribution in [0.2, 0.25) is 0 Å². The van der Waals surface area contributed by atoms with Gasteiger partial charge in [0.15, 0.2) is 0 Å². The summed E-state index contributed by atoms with van der Waals surface area (Å²) in [4.78, 5) is 42.5. The molecule has 186 valence electrons. The number of nitrogens with zero attached hydrogens (tertiary/aromatic N) is 2. The van der Waals surface area contributed by atoms with E-state index in [1.165, 1.54) is 4.90 Å². The van der Waals surface area contributed by atoms with Crippen molar-refractivity contribution in [1.82, 2.24) is 4.90 Å². The van der Waals surface area contributed by atoms with Crippen LogP contribution in [0.25, 0.3) is 0 Å². The van der Waals surface area contributed by atoms with E-state index >= 15 is 0 Å². The van der Waals surface area contributed by atoms with Gasteiger partial charge < -0.3 is 19.7 Å². The molecule has 0 unspecified atom stereocenters. The number of aryl methyl sites for hydroxylation is 1. The van der Waals surface area contributed by atoms with Crippen molar-refractivity contribution in [2.24, 2.45) is 0 Å². The van der Waals surface area contributed by atoms with E-state index in [2.05, 4.69) is 5.32 Å². The third kappa shape index (κ3) is 5.49. The van der Waals surface area contributed by atoms with Crippen LogP contribution in [0.3, 0.4) is 0 Å². The number of carbonyl (C=O) groups is 3. The summed E-state index contributed by atoms with van der Waals surface area (Å²) in [5.74, 6) is 0.540. The van der Waals surface area contributed by atoms with Crippen LogP contribution >= 0.6 is 0 Å². The number of methoxy groups -OCH3 is 1. The van der Waals surface area contributed by atoms with Gasteiger partial charge in [-0.1, -0.05) is 24.3 Å². The number of hydrogen-bond acceptors (Lipinski definition) is 5. The van der Waals surface area contributed by atoms with Crippen molar-refractivity contribution in [3.8, 4) is 11.5 Å². The zero-order valence-corrected chi connectivity index (χ0v) is 20.6. The first-order valence-corrected chi connectivity index (χ1v) is 11.8. The smallest absolute Gasteiger partial charge is 0.332 e. The second-order valence-corrected chi connectivity index (χ2v) is 8.50. The number of rotatable bonds is 9. The van der Waals surface area contributed by atoms with Gasteiger partial charge in [-0.05, 0) is 73.5 Å². The molecule has 1 aliphatic heterocycles. The quantitative estimate of drug-likeness (QED) is 0.440. The van der Waals surface area contributed by atoms with Gasteiger partial charge in [-0.15, -0.1) is 0 Å². The van der Waals surface area contributed by atoms with Crippen LogP contribution in [0.4, 0.5) is 16.2 Å². The van der Waals surface area contributed by atoms with Crippen LogP contribution in [0.5, 0.6) is 11.5 Å². The van der Waals surface area contributed by atoms with Gasteiger partial charge in [-0.3, -0.25) is 9.59 Å². The summed E-state index contributed by atoms with van der Waals surface area (Å²) >= 11 is 0. The molecule has 4 rings (SSSR count). The largest absolute Gasteiger partial charge is 0.497 e. The van der Waals surface area contributed by atoms with Crippen LogP contribution in [0.15, 0.2) is 72.8 Å². The first-order chi connectivity index (χ1) is 17.4. The van der Waals surface area contributed by atoms with E-state index in [1.54, 1.807) is 55.6 Å². The molecule has 4 amide bonds. The van der Waals surface area contributed by atoms with E-state index in [-0.39, 0.29) is 18.9 Å². The van der Waals surface area contributed by atoms with Crippen LogP contribution in [0.1, 0.15) is 24.5 Å². The lowest BCUT2D eigenvalue weighted by Crippen LogP contribution is -2.37. The Bertz CT molecular complexity index is 1260. The highest BCUT2D eigenvalue weighted by molar-refractivity contribution is 6.22. The number of carbonyl (C=O) groups excluding carboxylic acids is 3. The van der Waals surface area contributed by atoms with E-state index < -0.39 is 18.0 Å². The van der Waals surface area contributed by atoms with Gasteiger partial charge in [0.25, 0.3) is 5.91 Å². The fraction of sp³-hybridized carbons (Fsp3) is 0.250. The predicted molar refractivity (Wildman–Crippen MR) is 137 cm³/mol. The minimum absolute atomic E-state index is 0.158. The second-order valence-electron chi connectivity index (χ2n) is 8.50. The molecule has 3 aromatic carbocycles. The van der Waals surface area contributed by atoms with Crippen molar-refractivity contribution in [2.45, 2.75) is 32.9 Å². The van der Waals surface area contributed by atoms with Crippen molar-refractivity contribution in [1.29, 1.82) is 0 Å². The minimum atomic E-state index is -0.952. The SMILES string of the molecule is CCOc1ccc(NC(=O)C[C@@H]2C(=O)N(c3cccc(C)c3)C(=O)N2Cc2cccc(OC)c2)cc1. The molecule has 0 aliphatic carbocycles. The van der Waals surface area contributed by atoms with Gasteiger partial charge >= 0.3 is 6.03 Å². The Kier molecular flexibility index (Phi) is 7.53. The van der Waals surface area contributed by atoms with E-state index in [4.69, 9.17) is 9.47 Å². The molecule has 3 aromatic rings. The number of amides is 4. The number of benzene rings is 3. The van der Waals surface area contributed by atoms with E-state index in [1.807, 2.05) is 38.1 Å². The summed E-state index contributed by atoms with van der Waals surface area (Å²) in [5.41, 5.74) is 2.77. The van der Waals surface area contributed by atoms with Gasteiger partial charge in [-0.25, -0.2) is 9.69 Å². The molecule has 1 atom stereocenters. The zero-order valence-electron chi connectivity index (χ0n) is 20.6. The summed E-state index contributed by atoms with van der Waals surface area (Å²) in [5, 5.41) is 2.82. The van der Waals surface area contributed by atoms with Crippen LogP contribution in [-0.4, -0.2) is 42.5 Å². The monoisotopic (exact) mass is 487 g/mol. The summed E-state index contributed by atoms with van der Waals surface area (Å²) in [6.07, 6.45) is -0.177. The third-order valence-electron chi connectivity index (χ3n) is 5.89. The van der Waals surface area contributed by atoms with Gasteiger partial charge in [0.1, 0.15) is 17.5 Å². The van der Waals surface area contributed by atoms with Gasteiger partial charge in [0, 0.05) is 12.2 Å². The lowest BCUT2D eigenvalue weighted by molar-refractivity contribution is -0.124. The molecule has 1 N–H and O–H groups in total. The molecule has 8 heteroatoms. The fourth-order valence-corrected chi connectivity index (χ4v) is 4.17. The van der Waals surface area contributed by atoms with Crippen LogP contribution in [0, 0.1) is 6.92 Å². The molecule has 0 saturated carbocycles. The van der Waals surface area contributed by atoms with Crippen molar-refractivity contribution >= 4 is 29.2 Å². The summed E-state index contributed by atoms with van der Waals surface area (Å²) in [6.45, 7) is 4.49. The Labute approximate surface area is 210 Å². The number of urea groups is 1. The minimum Gasteiger partial charge on any atom is -0.497 e. The maximum Gasteiger partial charge on any atom is 0.332 e. The van der Waals surface area contributed by atoms with Gasteiger partial charge in [-0.2, -0.15) is 0 Å². The van der Waals surface area contributed by atoms with Crippen molar-refractivity contribution in [3.05, 3.63) is 83.9 Å². The molecular weight excluding hydrogens is 458 g/mol. The lowest BCUT2D eigenvalue weighted by atomic mass is 10.1. The first-order valence-electron chi connectivity index (χ1n) is 11.8. The zero-order chi connectivity index (χ0) is 25.7. The van der Waals surface area contributed by atoms with E-state index in [0.29, 0.717) is 29.5 Å². The maximum atomic E-state index is 13.5. The Morgan fingerprint density at radius 3 is 2.42 bits per heavy atom. The highest BCUT2D eigenvalue weighted by Gasteiger charge is 2.46. The third-order valence-corrected chi connectivity index (χ3v) is 5.89. The molecule has 1 fully saturated rings. The first kappa shape index (κ1) is 24.8. The van der Waals surface area contributed by atoms with E-state index in [0.717, 1.165) is 16.0 Å². The summed E-state index contributed by atoms with van der Waals surface area (Å²) < 4.78 is 10.7. The second kappa shape index (κ2) is 10.9. The van der Waals surface area contributed by atoms with Gasteiger partial charge in [0.2, 0.25) is 5.91 Å². The topological polar surface area (TPSA) is 88.2 Å². The van der Waals surface area contributed by atoms with Crippen molar-refractivity contribution in [3.63, 3.8) is 0 Å². The molecule has 1 aliphatic rings. The fourth-order valence-electron chi connectivity index (χ4n) is 4.17. The standard InChI is InChI=1S/C28H29N3O5/c1-4-36-23-13-11-21(12-14-23)29-26(32)17-25-27(33)31(22-9-5-7-19(2)15-22)28(34)30(25)18-20-8-6-10-24(16-20)35-3/h5-16,25H,4,17-18H2,1-3H3,(H,29,32)/t25-/m1/s1. The predicted octanol–water partition coefficient (Wildman–Crippen LogP) is 4.77. The molecular formula is C28H29N3O5. The molecule has 0 radical (unpaired) electrons. The highest BCUT2D eigenvalue weighted by atomic mass is 16.5.